The molecule has 1 aromatic rings. The Balaban J connectivity index is 3.44. The zero-order valence-corrected chi connectivity index (χ0v) is 9.12. The molecule has 1 aromatic carbocycles. The monoisotopic (exact) mass is 272 g/mol. The fourth-order valence-electron chi connectivity index (χ4n) is 1.10. The van der Waals surface area contributed by atoms with Gasteiger partial charge >= 0.3 is 6.18 Å². The van der Waals surface area contributed by atoms with E-state index in [1.165, 1.54) is 0 Å². The highest BCUT2D eigenvalue weighted by molar-refractivity contribution is 6.33. The number of aromatic hydroxyl groups is 1. The summed E-state index contributed by atoms with van der Waals surface area (Å²) in [6.07, 6.45) is -4.78. The SMILES string of the molecule is O=C(CCl)c1cc(Cl)cc(C(F)(F)F)c1O. The minimum atomic E-state index is -4.78. The molecule has 0 fully saturated rings. The van der Waals surface area contributed by atoms with Crippen LogP contribution in [0.3, 0.4) is 0 Å². The van der Waals surface area contributed by atoms with E-state index < -0.39 is 34.7 Å². The minimum Gasteiger partial charge on any atom is -0.507 e. The molecule has 0 aliphatic rings. The number of rotatable bonds is 2. The summed E-state index contributed by atoms with van der Waals surface area (Å²) < 4.78 is 37.2. The number of phenols is 1. The van der Waals surface area contributed by atoms with Crippen molar-refractivity contribution in [1.82, 2.24) is 0 Å². The average Bonchev–Trinajstić information content (AvgIpc) is 2.18. The van der Waals surface area contributed by atoms with Gasteiger partial charge in [-0.25, -0.2) is 0 Å². The molecular formula is C9H5Cl2F3O2. The normalized spacial score (nSPS) is 11.6. The number of ketones is 1. The van der Waals surface area contributed by atoms with Crippen molar-refractivity contribution in [2.45, 2.75) is 6.18 Å². The van der Waals surface area contributed by atoms with E-state index in [0.29, 0.717) is 6.07 Å². The number of halogens is 5. The van der Waals surface area contributed by atoms with Crippen molar-refractivity contribution in [2.24, 2.45) is 0 Å². The maximum absolute atomic E-state index is 12.4. The Morgan fingerprint density at radius 3 is 2.38 bits per heavy atom. The van der Waals surface area contributed by atoms with E-state index >= 15 is 0 Å². The smallest absolute Gasteiger partial charge is 0.420 e. The minimum absolute atomic E-state index is 0.293. The summed E-state index contributed by atoms with van der Waals surface area (Å²) in [6, 6.07) is 1.48. The molecule has 0 aromatic heterocycles. The lowest BCUT2D eigenvalue weighted by atomic mass is 10.1. The Morgan fingerprint density at radius 2 is 1.94 bits per heavy atom. The van der Waals surface area contributed by atoms with E-state index in [2.05, 4.69) is 0 Å². The van der Waals surface area contributed by atoms with Crippen molar-refractivity contribution in [1.29, 1.82) is 0 Å². The van der Waals surface area contributed by atoms with Crippen molar-refractivity contribution in [2.75, 3.05) is 5.88 Å². The van der Waals surface area contributed by atoms with Crippen LogP contribution in [0.2, 0.25) is 5.02 Å². The average molecular weight is 273 g/mol. The quantitative estimate of drug-likeness (QED) is 0.661. The van der Waals surface area contributed by atoms with E-state index in [-0.39, 0.29) is 5.02 Å². The lowest BCUT2D eigenvalue weighted by Crippen LogP contribution is -2.09. The topological polar surface area (TPSA) is 37.3 Å². The van der Waals surface area contributed by atoms with Crippen molar-refractivity contribution in [3.63, 3.8) is 0 Å². The molecule has 0 radical (unpaired) electrons. The Morgan fingerprint density at radius 1 is 1.38 bits per heavy atom. The van der Waals surface area contributed by atoms with Crippen LogP contribution in [-0.2, 0) is 6.18 Å². The van der Waals surface area contributed by atoms with Gasteiger partial charge in [-0.15, -0.1) is 11.6 Å². The van der Waals surface area contributed by atoms with Crippen LogP contribution in [0.4, 0.5) is 13.2 Å². The fraction of sp³-hybridized carbons (Fsp3) is 0.222. The van der Waals surface area contributed by atoms with Gasteiger partial charge in [-0.3, -0.25) is 4.79 Å². The Hall–Kier alpha value is -0.940. The van der Waals surface area contributed by atoms with Crippen LogP contribution in [0.1, 0.15) is 15.9 Å². The maximum Gasteiger partial charge on any atom is 0.420 e. The number of carbonyl (C=O) groups excluding carboxylic acids is 1. The number of alkyl halides is 4. The standard InChI is InChI=1S/C9H5Cl2F3O2/c10-3-7(15)5-1-4(11)2-6(8(5)16)9(12,13)14/h1-2,16H,3H2. The summed E-state index contributed by atoms with van der Waals surface area (Å²) in [7, 11) is 0. The molecule has 0 saturated heterocycles. The van der Waals surface area contributed by atoms with Crippen molar-refractivity contribution in [3.8, 4) is 5.75 Å². The molecule has 0 bridgehead atoms. The molecule has 7 heteroatoms. The van der Waals surface area contributed by atoms with Gasteiger partial charge in [0.05, 0.1) is 17.0 Å². The van der Waals surface area contributed by atoms with Crippen LogP contribution in [0, 0.1) is 0 Å². The second-order valence-electron chi connectivity index (χ2n) is 2.90. The number of carbonyl (C=O) groups is 1. The largest absolute Gasteiger partial charge is 0.507 e. The second-order valence-corrected chi connectivity index (χ2v) is 3.61. The van der Waals surface area contributed by atoms with Crippen LogP contribution in [0.15, 0.2) is 12.1 Å². The van der Waals surface area contributed by atoms with E-state index in [9.17, 15) is 23.1 Å². The van der Waals surface area contributed by atoms with Gasteiger partial charge < -0.3 is 5.11 Å². The molecule has 0 aliphatic heterocycles. The van der Waals surface area contributed by atoms with Gasteiger partial charge in [0, 0.05) is 5.02 Å². The zero-order chi connectivity index (χ0) is 12.5. The summed E-state index contributed by atoms with van der Waals surface area (Å²) in [4.78, 5) is 11.1. The summed E-state index contributed by atoms with van der Waals surface area (Å²) in [5, 5.41) is 9.00. The van der Waals surface area contributed by atoms with E-state index in [4.69, 9.17) is 23.2 Å². The lowest BCUT2D eigenvalue weighted by Gasteiger charge is -2.12. The molecule has 0 saturated carbocycles. The van der Waals surface area contributed by atoms with Gasteiger partial charge in [-0.2, -0.15) is 13.2 Å². The van der Waals surface area contributed by atoms with Crippen LogP contribution in [-0.4, -0.2) is 16.8 Å². The number of benzene rings is 1. The van der Waals surface area contributed by atoms with Gasteiger partial charge in [-0.1, -0.05) is 11.6 Å². The lowest BCUT2D eigenvalue weighted by molar-refractivity contribution is -0.138. The highest BCUT2D eigenvalue weighted by Gasteiger charge is 2.36. The third-order valence-electron chi connectivity index (χ3n) is 1.80. The van der Waals surface area contributed by atoms with Crippen molar-refractivity contribution < 1.29 is 23.1 Å². The third kappa shape index (κ3) is 2.59. The van der Waals surface area contributed by atoms with Gasteiger partial charge in [0.1, 0.15) is 5.75 Å². The molecular weight excluding hydrogens is 268 g/mol. The van der Waals surface area contributed by atoms with Gasteiger partial charge in [0.15, 0.2) is 5.78 Å². The number of hydrogen-bond acceptors (Lipinski definition) is 2. The first-order valence-electron chi connectivity index (χ1n) is 3.96. The first-order valence-corrected chi connectivity index (χ1v) is 4.87. The first-order chi connectivity index (χ1) is 7.27. The summed E-state index contributed by atoms with van der Waals surface area (Å²) >= 11 is 10.6. The summed E-state index contributed by atoms with van der Waals surface area (Å²) in [6.45, 7) is 0. The molecule has 0 spiro atoms. The molecule has 88 valence electrons. The van der Waals surface area contributed by atoms with E-state index in [1.807, 2.05) is 0 Å². The molecule has 0 aliphatic carbocycles. The van der Waals surface area contributed by atoms with Crippen LogP contribution in [0.5, 0.6) is 5.75 Å². The number of hydrogen-bond donors (Lipinski definition) is 1. The highest BCUT2D eigenvalue weighted by Crippen LogP contribution is 2.39. The van der Waals surface area contributed by atoms with E-state index in [1.54, 1.807) is 0 Å². The summed E-state index contributed by atoms with van der Waals surface area (Å²) in [5.41, 5.74) is -1.89. The molecule has 0 atom stereocenters. The van der Waals surface area contributed by atoms with Crippen LogP contribution in [0.25, 0.3) is 0 Å². The zero-order valence-electron chi connectivity index (χ0n) is 7.61. The predicted octanol–water partition coefficient (Wildman–Crippen LogP) is 3.49. The molecule has 16 heavy (non-hydrogen) atoms. The Labute approximate surface area is 98.6 Å². The highest BCUT2D eigenvalue weighted by atomic mass is 35.5. The molecule has 1 rings (SSSR count). The van der Waals surface area contributed by atoms with Gasteiger partial charge in [0.25, 0.3) is 0 Å². The predicted molar refractivity (Wildman–Crippen MR) is 53.2 cm³/mol. The third-order valence-corrected chi connectivity index (χ3v) is 2.26. The number of Topliss-reactive ketones (excluding diaryl/α,β-unsaturated/α-hetero) is 1. The Bertz CT molecular complexity index is 429. The molecule has 2 nitrogen and oxygen atoms in total. The first kappa shape index (κ1) is 13.1. The molecule has 0 unspecified atom stereocenters. The molecule has 0 heterocycles. The Kier molecular flexibility index (Phi) is 3.70. The van der Waals surface area contributed by atoms with Gasteiger partial charge in [-0.05, 0) is 12.1 Å². The van der Waals surface area contributed by atoms with Gasteiger partial charge in [0.2, 0.25) is 0 Å². The van der Waals surface area contributed by atoms with Crippen molar-refractivity contribution in [3.05, 3.63) is 28.3 Å². The second kappa shape index (κ2) is 4.51. The fourth-order valence-corrected chi connectivity index (χ4v) is 1.46. The summed E-state index contributed by atoms with van der Waals surface area (Å²) in [5.74, 6) is -2.51. The van der Waals surface area contributed by atoms with Crippen LogP contribution >= 0.6 is 23.2 Å². The maximum atomic E-state index is 12.4. The molecule has 0 amide bonds. The molecule has 1 N–H and O–H groups in total. The number of phenolic OH excluding ortho intramolecular Hbond substituents is 1. The van der Waals surface area contributed by atoms with E-state index in [0.717, 1.165) is 6.07 Å². The van der Waals surface area contributed by atoms with Crippen molar-refractivity contribution >= 4 is 29.0 Å². The van der Waals surface area contributed by atoms with Crippen LogP contribution < -0.4 is 0 Å².